The lowest BCUT2D eigenvalue weighted by Gasteiger charge is -2.03. The second kappa shape index (κ2) is 8.86. The average molecular weight is 389 g/mol. The molecule has 144 valence electrons. The van der Waals surface area contributed by atoms with Crippen LogP contribution in [-0.2, 0) is 0 Å². The van der Waals surface area contributed by atoms with Crippen molar-refractivity contribution in [1.82, 2.24) is 4.98 Å². The maximum Gasteiger partial charge on any atom is 0.118 e. The monoisotopic (exact) mass is 389 g/mol. The van der Waals surface area contributed by atoms with Crippen LogP contribution >= 0.6 is 0 Å². The minimum atomic E-state index is 0.812. The van der Waals surface area contributed by atoms with E-state index in [1.165, 1.54) is 0 Å². The molecule has 1 heterocycles. The predicted octanol–water partition coefficient (Wildman–Crippen LogP) is 5.05. The van der Waals surface area contributed by atoms with Crippen molar-refractivity contribution in [2.75, 3.05) is 14.2 Å². The third kappa shape index (κ3) is 4.27. The molecule has 0 unspecified atom stereocenters. The number of hydrogen-bond acceptors (Lipinski definition) is 3. The number of rotatable bonds is 2. The van der Waals surface area contributed by atoms with E-state index in [0.29, 0.717) is 0 Å². The molecule has 4 aromatic rings. The van der Waals surface area contributed by atoms with E-state index >= 15 is 0 Å². The Kier molecular flexibility index (Phi) is 5.65. The van der Waals surface area contributed by atoms with E-state index in [1.54, 1.807) is 20.4 Å². The summed E-state index contributed by atoms with van der Waals surface area (Å²) in [7, 11) is 3.30. The molecule has 0 fully saturated rings. The number of aromatic nitrogens is 1. The maximum absolute atomic E-state index is 5.19. The van der Waals surface area contributed by atoms with Crippen LogP contribution in [-0.4, -0.2) is 19.2 Å². The van der Waals surface area contributed by atoms with Crippen LogP contribution in [0.25, 0.3) is 10.9 Å². The van der Waals surface area contributed by atoms with Crippen molar-refractivity contribution < 1.29 is 9.47 Å². The van der Waals surface area contributed by atoms with Crippen LogP contribution in [0.5, 0.6) is 11.5 Å². The number of benzene rings is 3. The molecule has 0 saturated carbocycles. The van der Waals surface area contributed by atoms with E-state index in [2.05, 4.69) is 28.7 Å². The Labute approximate surface area is 176 Å². The van der Waals surface area contributed by atoms with E-state index < -0.39 is 0 Å². The summed E-state index contributed by atoms with van der Waals surface area (Å²) in [6.07, 6.45) is 1.78. The molecule has 1 aromatic heterocycles. The van der Waals surface area contributed by atoms with Gasteiger partial charge in [-0.3, -0.25) is 4.98 Å². The van der Waals surface area contributed by atoms with Gasteiger partial charge in [-0.25, -0.2) is 0 Å². The number of hydrogen-bond donors (Lipinski definition) is 0. The van der Waals surface area contributed by atoms with Gasteiger partial charge in [0.1, 0.15) is 11.5 Å². The molecule has 0 radical (unpaired) electrons. The Bertz CT molecular complexity index is 1200. The smallest absolute Gasteiger partial charge is 0.118 e. The van der Waals surface area contributed by atoms with Crippen LogP contribution in [0.15, 0.2) is 79.0 Å². The number of pyridine rings is 1. The minimum absolute atomic E-state index is 0.812. The second-order valence-corrected chi connectivity index (χ2v) is 6.52. The van der Waals surface area contributed by atoms with Gasteiger partial charge in [-0.1, -0.05) is 23.7 Å². The molecule has 3 aromatic carbocycles. The third-order valence-electron chi connectivity index (χ3n) is 4.63. The number of ether oxygens (including phenoxy) is 2. The van der Waals surface area contributed by atoms with Crippen molar-refractivity contribution >= 4 is 10.9 Å². The summed E-state index contributed by atoms with van der Waals surface area (Å²) in [6, 6.07) is 23.3. The Morgan fingerprint density at radius 1 is 0.600 bits per heavy atom. The first-order valence-corrected chi connectivity index (χ1v) is 9.47. The lowest BCUT2D eigenvalue weighted by molar-refractivity contribution is 0.414. The van der Waals surface area contributed by atoms with Gasteiger partial charge in [0.15, 0.2) is 0 Å². The highest BCUT2D eigenvalue weighted by atomic mass is 16.5. The van der Waals surface area contributed by atoms with E-state index in [1.807, 2.05) is 72.8 Å². The van der Waals surface area contributed by atoms with Crippen LogP contribution in [0.4, 0.5) is 0 Å². The first-order chi connectivity index (χ1) is 14.8. The molecule has 3 heteroatoms. The minimum Gasteiger partial charge on any atom is -0.497 e. The van der Waals surface area contributed by atoms with Gasteiger partial charge in [0.25, 0.3) is 0 Å². The molecule has 0 aliphatic carbocycles. The van der Waals surface area contributed by atoms with E-state index in [0.717, 1.165) is 44.7 Å². The molecule has 30 heavy (non-hydrogen) atoms. The van der Waals surface area contributed by atoms with Crippen molar-refractivity contribution in [3.63, 3.8) is 0 Å². The van der Waals surface area contributed by atoms with Crippen LogP contribution in [0, 0.1) is 23.7 Å². The first-order valence-electron chi connectivity index (χ1n) is 9.47. The van der Waals surface area contributed by atoms with Gasteiger partial charge in [-0.15, -0.1) is 0 Å². The molecule has 0 amide bonds. The topological polar surface area (TPSA) is 31.4 Å². The maximum atomic E-state index is 5.19. The van der Waals surface area contributed by atoms with E-state index in [9.17, 15) is 0 Å². The van der Waals surface area contributed by atoms with Gasteiger partial charge in [-0.05, 0) is 72.8 Å². The standard InChI is InChI=1S/C27H19NO2/c1-29-24-15-7-20(8-16-24)5-11-22-13-14-23(27-26(22)4-3-19-28-27)12-6-21-9-17-25(30-2)18-10-21/h3-4,7-10,13-19H,1-2H3. The van der Waals surface area contributed by atoms with Crippen LogP contribution in [0.1, 0.15) is 22.3 Å². The van der Waals surface area contributed by atoms with Crippen molar-refractivity contribution in [3.05, 3.63) is 101 Å². The summed E-state index contributed by atoms with van der Waals surface area (Å²) in [5.41, 5.74) is 4.49. The Balaban J connectivity index is 1.68. The number of fused-ring (bicyclic) bond motifs is 1. The summed E-state index contributed by atoms with van der Waals surface area (Å²) in [5, 5.41) is 0.986. The predicted molar refractivity (Wildman–Crippen MR) is 120 cm³/mol. The summed E-state index contributed by atoms with van der Waals surface area (Å²) in [5.74, 6) is 14.5. The molecular weight excluding hydrogens is 370 g/mol. The summed E-state index contributed by atoms with van der Waals surface area (Å²) < 4.78 is 10.4. The normalized spacial score (nSPS) is 9.80. The van der Waals surface area contributed by atoms with Gasteiger partial charge in [-0.2, -0.15) is 0 Å². The van der Waals surface area contributed by atoms with Crippen molar-refractivity contribution in [3.8, 4) is 35.2 Å². The highest BCUT2D eigenvalue weighted by Crippen LogP contribution is 2.20. The van der Waals surface area contributed by atoms with Crippen molar-refractivity contribution in [2.45, 2.75) is 0 Å². The second-order valence-electron chi connectivity index (χ2n) is 6.52. The molecule has 3 nitrogen and oxygen atoms in total. The average Bonchev–Trinajstić information content (AvgIpc) is 2.82. The molecular formula is C27H19NO2. The Hall–Kier alpha value is -4.21. The Morgan fingerprint density at radius 2 is 1.13 bits per heavy atom. The van der Waals surface area contributed by atoms with Crippen LogP contribution < -0.4 is 9.47 Å². The van der Waals surface area contributed by atoms with E-state index in [-0.39, 0.29) is 0 Å². The highest BCUT2D eigenvalue weighted by Gasteiger charge is 2.04. The summed E-state index contributed by atoms with van der Waals surface area (Å²) in [6.45, 7) is 0. The highest BCUT2D eigenvalue weighted by molar-refractivity contribution is 5.89. The molecule has 0 spiro atoms. The van der Waals surface area contributed by atoms with E-state index in [4.69, 9.17) is 9.47 Å². The molecule has 4 rings (SSSR count). The SMILES string of the molecule is COc1ccc(C#Cc2ccc(C#Cc3ccc(OC)cc3)c3ncccc23)cc1. The van der Waals surface area contributed by atoms with Gasteiger partial charge in [0.2, 0.25) is 0 Å². The molecule has 0 atom stereocenters. The van der Waals surface area contributed by atoms with Crippen molar-refractivity contribution in [2.24, 2.45) is 0 Å². The van der Waals surface area contributed by atoms with Gasteiger partial charge in [0, 0.05) is 28.3 Å². The zero-order valence-electron chi connectivity index (χ0n) is 16.8. The quantitative estimate of drug-likeness (QED) is 0.450. The van der Waals surface area contributed by atoms with Crippen LogP contribution in [0.2, 0.25) is 0 Å². The van der Waals surface area contributed by atoms with Gasteiger partial charge >= 0.3 is 0 Å². The fourth-order valence-electron chi connectivity index (χ4n) is 3.01. The largest absolute Gasteiger partial charge is 0.497 e. The van der Waals surface area contributed by atoms with Gasteiger partial charge < -0.3 is 9.47 Å². The molecule has 0 saturated heterocycles. The number of nitrogens with zero attached hydrogens (tertiary/aromatic N) is 1. The first kappa shape index (κ1) is 19.1. The van der Waals surface area contributed by atoms with Crippen LogP contribution in [0.3, 0.4) is 0 Å². The van der Waals surface area contributed by atoms with Crippen molar-refractivity contribution in [1.29, 1.82) is 0 Å². The molecule has 0 aliphatic rings. The lowest BCUT2D eigenvalue weighted by Crippen LogP contribution is -1.88. The Morgan fingerprint density at radius 3 is 1.70 bits per heavy atom. The third-order valence-corrected chi connectivity index (χ3v) is 4.63. The van der Waals surface area contributed by atoms with Gasteiger partial charge in [0.05, 0.1) is 25.3 Å². The zero-order valence-corrected chi connectivity index (χ0v) is 16.8. The fraction of sp³-hybridized carbons (Fsp3) is 0.0741. The summed E-state index contributed by atoms with van der Waals surface area (Å²) >= 11 is 0. The zero-order chi connectivity index (χ0) is 20.8. The lowest BCUT2D eigenvalue weighted by atomic mass is 10.0. The molecule has 0 aliphatic heterocycles. The fourth-order valence-corrected chi connectivity index (χ4v) is 3.01. The molecule has 0 bridgehead atoms. The summed E-state index contributed by atoms with van der Waals surface area (Å²) in [4.78, 5) is 4.55. The molecule has 0 N–H and O–H groups in total. The number of methoxy groups -OCH3 is 2.